The lowest BCUT2D eigenvalue weighted by Gasteiger charge is -2.24. The molecule has 0 aromatic rings. The van der Waals surface area contributed by atoms with Gasteiger partial charge in [0.1, 0.15) is 18.8 Å². The summed E-state index contributed by atoms with van der Waals surface area (Å²) < 4.78 is 16.6. The molecule has 1 saturated carbocycles. The van der Waals surface area contributed by atoms with Crippen molar-refractivity contribution < 1.29 is 28.6 Å². The Balaban J connectivity index is 1.94. The molecule has 0 spiro atoms. The molecule has 6 heteroatoms. The summed E-state index contributed by atoms with van der Waals surface area (Å²) in [6, 6.07) is 0. The highest BCUT2D eigenvalue weighted by Gasteiger charge is 2.51. The number of allylic oxidation sites excluding steroid dienone is 1. The van der Waals surface area contributed by atoms with Gasteiger partial charge in [0.05, 0.1) is 0 Å². The fourth-order valence-corrected chi connectivity index (χ4v) is 4.23. The van der Waals surface area contributed by atoms with E-state index in [1.807, 2.05) is 0 Å². The zero-order chi connectivity index (χ0) is 20.6. The van der Waals surface area contributed by atoms with Gasteiger partial charge in [0.15, 0.2) is 0 Å². The number of rotatable bonds is 4. The summed E-state index contributed by atoms with van der Waals surface area (Å²) >= 11 is 0. The van der Waals surface area contributed by atoms with E-state index in [2.05, 4.69) is 13.2 Å². The Kier molecular flexibility index (Phi) is 5.59. The fourth-order valence-electron chi connectivity index (χ4n) is 4.23. The van der Waals surface area contributed by atoms with Crippen LogP contribution < -0.4 is 0 Å². The van der Waals surface area contributed by atoms with Gasteiger partial charge in [-0.25, -0.2) is 9.59 Å². The predicted molar refractivity (Wildman–Crippen MR) is 102 cm³/mol. The third kappa shape index (κ3) is 3.55. The lowest BCUT2D eigenvalue weighted by atomic mass is 9.84. The Labute approximate surface area is 164 Å². The Hall–Kier alpha value is -2.63. The largest absolute Gasteiger partial charge is 0.461 e. The van der Waals surface area contributed by atoms with Gasteiger partial charge in [-0.2, -0.15) is 0 Å². The van der Waals surface area contributed by atoms with Gasteiger partial charge in [0, 0.05) is 36.3 Å². The smallest absolute Gasteiger partial charge is 0.334 e. The molecule has 2 aliphatic carbocycles. The number of ether oxygens (including phenoxy) is 3. The van der Waals surface area contributed by atoms with Crippen molar-refractivity contribution in [2.75, 3.05) is 6.61 Å². The van der Waals surface area contributed by atoms with Crippen LogP contribution in [0.3, 0.4) is 0 Å². The minimum atomic E-state index is -0.499. The van der Waals surface area contributed by atoms with Crippen LogP contribution in [0.2, 0.25) is 0 Å². The van der Waals surface area contributed by atoms with Crippen LogP contribution in [0.5, 0.6) is 0 Å². The quantitative estimate of drug-likeness (QED) is 0.320. The van der Waals surface area contributed by atoms with Crippen LogP contribution in [0, 0.1) is 11.8 Å². The molecule has 1 saturated heterocycles. The molecule has 3 rings (SSSR count). The molecule has 0 N–H and O–H groups in total. The zero-order valence-corrected chi connectivity index (χ0v) is 16.6. The predicted octanol–water partition coefficient (Wildman–Crippen LogP) is 3.19. The molecule has 4 unspecified atom stereocenters. The molecule has 3 aliphatic rings. The first kappa shape index (κ1) is 20.1. The molecule has 2 fully saturated rings. The van der Waals surface area contributed by atoms with Gasteiger partial charge in [0.2, 0.25) is 0 Å². The second-order valence-corrected chi connectivity index (χ2v) is 7.57. The summed E-state index contributed by atoms with van der Waals surface area (Å²) in [5, 5.41) is 0. The highest BCUT2D eigenvalue weighted by Crippen LogP contribution is 2.50. The zero-order valence-electron chi connectivity index (χ0n) is 16.6. The van der Waals surface area contributed by atoms with Crippen LogP contribution in [0.4, 0.5) is 0 Å². The Morgan fingerprint density at radius 3 is 2.64 bits per heavy atom. The third-order valence-corrected chi connectivity index (χ3v) is 5.94. The van der Waals surface area contributed by atoms with E-state index in [1.54, 1.807) is 19.9 Å². The second-order valence-electron chi connectivity index (χ2n) is 7.57. The summed E-state index contributed by atoms with van der Waals surface area (Å²) in [5.74, 6) is -1.50. The van der Waals surface area contributed by atoms with Gasteiger partial charge in [-0.3, -0.25) is 4.79 Å². The van der Waals surface area contributed by atoms with E-state index in [-0.39, 0.29) is 30.4 Å². The molecule has 4 atom stereocenters. The topological polar surface area (TPSA) is 78.9 Å². The van der Waals surface area contributed by atoms with E-state index in [9.17, 15) is 14.4 Å². The number of esters is 3. The number of fused-ring (bicyclic) bond motifs is 3. The van der Waals surface area contributed by atoms with Crippen molar-refractivity contribution in [2.24, 2.45) is 11.8 Å². The summed E-state index contributed by atoms with van der Waals surface area (Å²) in [4.78, 5) is 35.7. The van der Waals surface area contributed by atoms with E-state index in [4.69, 9.17) is 14.2 Å². The van der Waals surface area contributed by atoms with E-state index in [0.717, 1.165) is 11.1 Å². The van der Waals surface area contributed by atoms with Crippen molar-refractivity contribution in [3.8, 4) is 0 Å². The molecule has 0 bridgehead atoms. The molecular weight excluding hydrogens is 360 g/mol. The second kappa shape index (κ2) is 7.78. The summed E-state index contributed by atoms with van der Waals surface area (Å²) in [7, 11) is 0. The highest BCUT2D eigenvalue weighted by atomic mass is 16.6. The molecule has 0 aromatic carbocycles. The summed E-state index contributed by atoms with van der Waals surface area (Å²) in [6.07, 6.45) is 2.63. The first-order valence-electron chi connectivity index (χ1n) is 9.51. The van der Waals surface area contributed by atoms with Gasteiger partial charge < -0.3 is 14.2 Å². The molecule has 0 amide bonds. The maximum atomic E-state index is 12.3. The van der Waals surface area contributed by atoms with Crippen LogP contribution >= 0.6 is 0 Å². The summed E-state index contributed by atoms with van der Waals surface area (Å²) in [5.41, 5.74) is 3.69. The lowest BCUT2D eigenvalue weighted by molar-refractivity contribution is -0.143. The monoisotopic (exact) mass is 386 g/mol. The van der Waals surface area contributed by atoms with Crippen molar-refractivity contribution >= 4 is 17.9 Å². The number of carbonyl (C=O) groups is 3. The van der Waals surface area contributed by atoms with E-state index in [1.165, 1.54) is 6.92 Å². The SMILES string of the molecule is C=C1C(=O)OC2C1CCC(COC(C)=O)=C1CC(OC(=O)C(C)=CC)C(=C)C12. The maximum absolute atomic E-state index is 12.3. The standard InChI is InChI=1S/C22H26O6/c1-6-11(2)21(24)27-18-9-17-15(10-26-14(5)23)7-8-16-12(3)22(25)28-20(16)19(17)13(18)4/h6,16,18-20H,3-4,7-10H2,1-2,5H3. The van der Waals surface area contributed by atoms with Crippen LogP contribution in [0.1, 0.15) is 40.0 Å². The molecule has 1 aliphatic heterocycles. The van der Waals surface area contributed by atoms with Gasteiger partial charge in [-0.05, 0) is 37.8 Å². The van der Waals surface area contributed by atoms with Gasteiger partial charge in [-0.15, -0.1) is 0 Å². The van der Waals surface area contributed by atoms with Gasteiger partial charge >= 0.3 is 17.9 Å². The van der Waals surface area contributed by atoms with Crippen LogP contribution in [-0.2, 0) is 28.6 Å². The van der Waals surface area contributed by atoms with Gasteiger partial charge in [0.25, 0.3) is 0 Å². The molecule has 0 aromatic heterocycles. The molecule has 28 heavy (non-hydrogen) atoms. The van der Waals surface area contributed by atoms with Crippen LogP contribution in [-0.4, -0.2) is 36.7 Å². The minimum Gasteiger partial charge on any atom is -0.461 e. The van der Waals surface area contributed by atoms with Crippen molar-refractivity contribution in [2.45, 2.75) is 52.2 Å². The minimum absolute atomic E-state index is 0.120. The first-order chi connectivity index (χ1) is 13.2. The average molecular weight is 386 g/mol. The fraction of sp³-hybridized carbons (Fsp3) is 0.500. The molecule has 1 heterocycles. The van der Waals surface area contributed by atoms with E-state index in [0.29, 0.717) is 36.0 Å². The van der Waals surface area contributed by atoms with Crippen LogP contribution in [0.15, 0.2) is 47.1 Å². The molecule has 6 nitrogen and oxygen atoms in total. The van der Waals surface area contributed by atoms with Gasteiger partial charge in [-0.1, -0.05) is 24.8 Å². The van der Waals surface area contributed by atoms with Crippen molar-refractivity contribution in [1.82, 2.24) is 0 Å². The van der Waals surface area contributed by atoms with Crippen molar-refractivity contribution in [3.05, 3.63) is 47.1 Å². The van der Waals surface area contributed by atoms with E-state index < -0.39 is 18.2 Å². The number of hydrogen-bond donors (Lipinski definition) is 0. The lowest BCUT2D eigenvalue weighted by Crippen LogP contribution is -2.28. The highest BCUT2D eigenvalue weighted by molar-refractivity contribution is 5.91. The maximum Gasteiger partial charge on any atom is 0.334 e. The van der Waals surface area contributed by atoms with Crippen molar-refractivity contribution in [3.63, 3.8) is 0 Å². The molecule has 150 valence electrons. The normalized spacial score (nSPS) is 29.8. The average Bonchev–Trinajstić information content (AvgIpc) is 3.05. The number of hydrogen-bond acceptors (Lipinski definition) is 6. The summed E-state index contributed by atoms with van der Waals surface area (Å²) in [6.45, 7) is 13.1. The Morgan fingerprint density at radius 2 is 2.00 bits per heavy atom. The number of carbonyl (C=O) groups excluding carboxylic acids is 3. The van der Waals surface area contributed by atoms with Crippen molar-refractivity contribution in [1.29, 1.82) is 0 Å². The van der Waals surface area contributed by atoms with E-state index >= 15 is 0 Å². The molecule has 0 radical (unpaired) electrons. The molecular formula is C22H26O6. The van der Waals surface area contributed by atoms with Crippen LogP contribution in [0.25, 0.3) is 0 Å². The Morgan fingerprint density at radius 1 is 1.29 bits per heavy atom. The Bertz CT molecular complexity index is 815. The first-order valence-corrected chi connectivity index (χ1v) is 9.51. The third-order valence-electron chi connectivity index (χ3n) is 5.94.